The van der Waals surface area contributed by atoms with Crippen LogP contribution in [-0.4, -0.2) is 30.1 Å². The SMILES string of the molecule is CCCn1nc(C(=O)NCc2ccccc2CS(=O)(=O)NC(C)C)c2ccccc2c1=O. The summed E-state index contributed by atoms with van der Waals surface area (Å²) in [4.78, 5) is 25.7. The van der Waals surface area contributed by atoms with E-state index in [0.29, 0.717) is 34.9 Å². The number of fused-ring (bicyclic) bond motifs is 1. The first-order valence-electron chi connectivity index (χ1n) is 10.6. The van der Waals surface area contributed by atoms with Crippen molar-refractivity contribution >= 4 is 26.7 Å². The number of amides is 1. The maximum absolute atomic E-state index is 13.0. The first-order chi connectivity index (χ1) is 15.2. The average Bonchev–Trinajstić information content (AvgIpc) is 2.74. The van der Waals surface area contributed by atoms with Crippen molar-refractivity contribution in [2.24, 2.45) is 0 Å². The lowest BCUT2D eigenvalue weighted by Gasteiger charge is -2.14. The Hall–Kier alpha value is -3.04. The van der Waals surface area contributed by atoms with Gasteiger partial charge in [0.2, 0.25) is 10.0 Å². The zero-order valence-electron chi connectivity index (χ0n) is 18.5. The van der Waals surface area contributed by atoms with E-state index in [4.69, 9.17) is 0 Å². The number of nitrogens with zero attached hydrogens (tertiary/aromatic N) is 2. The van der Waals surface area contributed by atoms with Crippen LogP contribution in [0.2, 0.25) is 0 Å². The van der Waals surface area contributed by atoms with Gasteiger partial charge in [0.1, 0.15) is 0 Å². The Kier molecular flexibility index (Phi) is 7.42. The van der Waals surface area contributed by atoms with E-state index in [1.54, 1.807) is 62.4 Å². The van der Waals surface area contributed by atoms with Crippen molar-refractivity contribution in [2.45, 2.75) is 52.1 Å². The van der Waals surface area contributed by atoms with E-state index < -0.39 is 15.9 Å². The number of carbonyl (C=O) groups excluding carboxylic acids is 1. The van der Waals surface area contributed by atoms with Gasteiger partial charge in [-0.15, -0.1) is 0 Å². The fourth-order valence-corrected chi connectivity index (χ4v) is 4.99. The predicted molar refractivity (Wildman–Crippen MR) is 125 cm³/mol. The molecule has 0 aliphatic carbocycles. The van der Waals surface area contributed by atoms with Crippen LogP contribution in [0.1, 0.15) is 48.8 Å². The van der Waals surface area contributed by atoms with Crippen molar-refractivity contribution in [3.63, 3.8) is 0 Å². The Labute approximate surface area is 187 Å². The number of benzene rings is 2. The van der Waals surface area contributed by atoms with Gasteiger partial charge in [0.05, 0.1) is 11.1 Å². The van der Waals surface area contributed by atoms with Crippen LogP contribution in [0.4, 0.5) is 0 Å². The third-order valence-electron chi connectivity index (χ3n) is 4.84. The van der Waals surface area contributed by atoms with Crippen LogP contribution in [-0.2, 0) is 28.9 Å². The second-order valence-corrected chi connectivity index (χ2v) is 9.66. The zero-order chi connectivity index (χ0) is 23.3. The summed E-state index contributed by atoms with van der Waals surface area (Å²) < 4.78 is 28.6. The topological polar surface area (TPSA) is 110 Å². The molecule has 0 bridgehead atoms. The highest BCUT2D eigenvalue weighted by Gasteiger charge is 2.18. The maximum atomic E-state index is 13.0. The van der Waals surface area contributed by atoms with Gasteiger partial charge in [-0.3, -0.25) is 9.59 Å². The second kappa shape index (κ2) is 10.1. The number of hydrogen-bond donors (Lipinski definition) is 2. The highest BCUT2D eigenvalue weighted by atomic mass is 32.2. The molecule has 1 aromatic heterocycles. The lowest BCUT2D eigenvalue weighted by atomic mass is 10.1. The second-order valence-electron chi connectivity index (χ2n) is 7.91. The fourth-order valence-electron chi connectivity index (χ4n) is 3.50. The first kappa shape index (κ1) is 23.6. The molecule has 8 nitrogen and oxygen atoms in total. The molecule has 1 heterocycles. The molecule has 32 heavy (non-hydrogen) atoms. The van der Waals surface area contributed by atoms with Gasteiger partial charge in [-0.1, -0.05) is 49.4 Å². The summed E-state index contributed by atoms with van der Waals surface area (Å²) in [7, 11) is -3.51. The molecule has 170 valence electrons. The van der Waals surface area contributed by atoms with E-state index in [2.05, 4.69) is 15.1 Å². The van der Waals surface area contributed by atoms with Crippen LogP contribution in [0.3, 0.4) is 0 Å². The minimum Gasteiger partial charge on any atom is -0.347 e. The Morgan fingerprint density at radius 2 is 1.66 bits per heavy atom. The summed E-state index contributed by atoms with van der Waals surface area (Å²) >= 11 is 0. The molecule has 0 saturated heterocycles. The molecule has 0 aliphatic rings. The van der Waals surface area contributed by atoms with E-state index >= 15 is 0 Å². The molecule has 0 saturated carbocycles. The van der Waals surface area contributed by atoms with Gasteiger partial charge >= 0.3 is 0 Å². The molecule has 0 aliphatic heterocycles. The lowest BCUT2D eigenvalue weighted by molar-refractivity contribution is 0.0945. The third kappa shape index (κ3) is 5.60. The van der Waals surface area contributed by atoms with Gasteiger partial charge in [-0.05, 0) is 37.5 Å². The summed E-state index contributed by atoms with van der Waals surface area (Å²) in [5, 5.41) is 8.06. The number of hydrogen-bond acceptors (Lipinski definition) is 5. The summed E-state index contributed by atoms with van der Waals surface area (Å²) in [6.45, 7) is 6.00. The number of carbonyl (C=O) groups is 1. The Morgan fingerprint density at radius 1 is 1.03 bits per heavy atom. The quantitative estimate of drug-likeness (QED) is 0.514. The molecular weight excluding hydrogens is 428 g/mol. The number of aryl methyl sites for hydroxylation is 1. The normalized spacial score (nSPS) is 11.8. The van der Waals surface area contributed by atoms with Crippen molar-refractivity contribution < 1.29 is 13.2 Å². The molecule has 0 unspecified atom stereocenters. The molecule has 1 amide bonds. The van der Waals surface area contributed by atoms with Crippen LogP contribution in [0, 0.1) is 0 Å². The van der Waals surface area contributed by atoms with E-state index in [0.717, 1.165) is 0 Å². The Bertz CT molecular complexity index is 1280. The van der Waals surface area contributed by atoms with Crippen LogP contribution in [0.5, 0.6) is 0 Å². The monoisotopic (exact) mass is 456 g/mol. The predicted octanol–water partition coefficient (Wildman–Crippen LogP) is 2.56. The van der Waals surface area contributed by atoms with Gasteiger partial charge in [-0.2, -0.15) is 5.10 Å². The molecule has 0 radical (unpaired) electrons. The van der Waals surface area contributed by atoms with E-state index in [1.807, 2.05) is 6.92 Å². The summed E-state index contributed by atoms with van der Waals surface area (Å²) in [5.41, 5.74) is 1.24. The molecule has 0 spiro atoms. The number of rotatable bonds is 9. The Balaban J connectivity index is 1.87. The van der Waals surface area contributed by atoms with Crippen molar-refractivity contribution in [3.8, 4) is 0 Å². The minimum absolute atomic E-state index is 0.134. The first-order valence-corrected chi connectivity index (χ1v) is 12.2. The van der Waals surface area contributed by atoms with E-state index in [9.17, 15) is 18.0 Å². The minimum atomic E-state index is -3.51. The van der Waals surface area contributed by atoms with Crippen LogP contribution >= 0.6 is 0 Å². The molecule has 0 fully saturated rings. The van der Waals surface area contributed by atoms with Crippen molar-refractivity contribution in [1.29, 1.82) is 0 Å². The van der Waals surface area contributed by atoms with Gasteiger partial charge in [0.25, 0.3) is 11.5 Å². The highest BCUT2D eigenvalue weighted by molar-refractivity contribution is 7.88. The van der Waals surface area contributed by atoms with E-state index in [-0.39, 0.29) is 29.6 Å². The van der Waals surface area contributed by atoms with Gasteiger partial charge < -0.3 is 5.32 Å². The number of sulfonamides is 1. The molecular formula is C23H28N4O4S. The molecule has 3 rings (SSSR count). The standard InChI is InChI=1S/C23H28N4O4S/c1-4-13-27-23(29)20-12-8-7-11-19(20)21(25-27)22(28)24-14-17-9-5-6-10-18(17)15-32(30,31)26-16(2)3/h5-12,16,26H,4,13-15H2,1-3H3,(H,24,28). The van der Waals surface area contributed by atoms with Gasteiger partial charge in [0, 0.05) is 24.5 Å². The van der Waals surface area contributed by atoms with Gasteiger partial charge in [-0.25, -0.2) is 17.8 Å². The summed E-state index contributed by atoms with van der Waals surface area (Å²) in [5.74, 6) is -0.608. The highest BCUT2D eigenvalue weighted by Crippen LogP contribution is 2.15. The maximum Gasteiger partial charge on any atom is 0.274 e. The van der Waals surface area contributed by atoms with Crippen molar-refractivity contribution in [1.82, 2.24) is 19.8 Å². The largest absolute Gasteiger partial charge is 0.347 e. The molecule has 9 heteroatoms. The van der Waals surface area contributed by atoms with Crippen molar-refractivity contribution in [3.05, 3.63) is 75.7 Å². The molecule has 3 aromatic rings. The average molecular weight is 457 g/mol. The third-order valence-corrected chi connectivity index (χ3v) is 6.36. The van der Waals surface area contributed by atoms with Crippen molar-refractivity contribution in [2.75, 3.05) is 0 Å². The zero-order valence-corrected chi connectivity index (χ0v) is 19.3. The fraction of sp³-hybridized carbons (Fsp3) is 0.348. The van der Waals surface area contributed by atoms with Crippen LogP contribution in [0.25, 0.3) is 10.8 Å². The van der Waals surface area contributed by atoms with E-state index in [1.165, 1.54) is 4.68 Å². The summed E-state index contributed by atoms with van der Waals surface area (Å²) in [6.07, 6.45) is 0.707. The van der Waals surface area contributed by atoms with Crippen LogP contribution in [0.15, 0.2) is 53.3 Å². The molecule has 2 aromatic carbocycles. The lowest BCUT2D eigenvalue weighted by Crippen LogP contribution is -2.32. The number of nitrogens with one attached hydrogen (secondary N) is 2. The molecule has 0 atom stereocenters. The van der Waals surface area contributed by atoms with Crippen LogP contribution < -0.4 is 15.6 Å². The smallest absolute Gasteiger partial charge is 0.274 e. The Morgan fingerprint density at radius 3 is 2.31 bits per heavy atom. The van der Waals surface area contributed by atoms with Gasteiger partial charge in [0.15, 0.2) is 5.69 Å². The number of aromatic nitrogens is 2. The summed E-state index contributed by atoms with van der Waals surface area (Å²) in [6, 6.07) is 13.8. The molecule has 2 N–H and O–H groups in total.